The van der Waals surface area contributed by atoms with E-state index in [9.17, 15) is 9.59 Å². The summed E-state index contributed by atoms with van der Waals surface area (Å²) in [6.07, 6.45) is 0.463. The minimum absolute atomic E-state index is 0.336. The lowest BCUT2D eigenvalue weighted by Gasteiger charge is -2.27. The minimum atomic E-state index is -1.02. The average Bonchev–Trinajstić information content (AvgIpc) is 2.73. The maximum absolute atomic E-state index is 12.0. The van der Waals surface area contributed by atoms with Crippen molar-refractivity contribution in [2.45, 2.75) is 18.9 Å². The highest BCUT2D eigenvalue weighted by atomic mass is 16.6. The van der Waals surface area contributed by atoms with Gasteiger partial charge in [-0.3, -0.25) is 10.1 Å². The van der Waals surface area contributed by atoms with E-state index >= 15 is 0 Å². The highest BCUT2D eigenvalue weighted by Crippen LogP contribution is 2.36. The summed E-state index contributed by atoms with van der Waals surface area (Å²) in [7, 11) is 0. The lowest BCUT2D eigenvalue weighted by molar-refractivity contribution is -0.124. The number of hydrogen-bond acceptors (Lipinski definition) is 4. The third kappa shape index (κ3) is 1.71. The molecule has 0 aliphatic carbocycles. The molecule has 3 rings (SSSR count). The Morgan fingerprint density at radius 1 is 1.21 bits per heavy atom. The summed E-state index contributed by atoms with van der Waals surface area (Å²) in [5, 5.41) is 4.97. The van der Waals surface area contributed by atoms with Crippen LogP contribution in [0.4, 0.5) is 4.79 Å². The molecule has 1 atom stereocenters. The van der Waals surface area contributed by atoms with Gasteiger partial charge in [0.2, 0.25) is 0 Å². The van der Waals surface area contributed by atoms with Gasteiger partial charge in [0.1, 0.15) is 18.8 Å². The molecule has 1 aromatic rings. The van der Waals surface area contributed by atoms with Crippen molar-refractivity contribution in [2.75, 3.05) is 13.2 Å². The van der Waals surface area contributed by atoms with Crippen LogP contribution < -0.4 is 20.1 Å². The highest BCUT2D eigenvalue weighted by molar-refractivity contribution is 6.07. The normalized spacial score (nSPS) is 24.9. The molecule has 1 saturated heterocycles. The maximum atomic E-state index is 12.0. The molecule has 1 unspecified atom stereocenters. The number of carbonyl (C=O) groups is 2. The molecule has 100 valence electrons. The Morgan fingerprint density at radius 2 is 1.95 bits per heavy atom. The summed E-state index contributed by atoms with van der Waals surface area (Å²) in [5.41, 5.74) is -0.324. The van der Waals surface area contributed by atoms with Crippen molar-refractivity contribution in [3.63, 3.8) is 0 Å². The van der Waals surface area contributed by atoms with Crippen molar-refractivity contribution in [1.29, 1.82) is 0 Å². The molecular weight excluding hydrogens is 248 g/mol. The standard InChI is InChI=1S/C13H14N2O4/c1-2-13(11(16)14-12(17)15-13)8-3-4-9-10(7-8)19-6-5-18-9/h3-4,7H,2,5-6H2,1H3,(H2,14,15,16,17). The Morgan fingerprint density at radius 3 is 2.58 bits per heavy atom. The summed E-state index contributed by atoms with van der Waals surface area (Å²) in [6.45, 7) is 2.85. The zero-order valence-electron chi connectivity index (χ0n) is 10.5. The molecule has 0 aromatic heterocycles. The molecule has 19 heavy (non-hydrogen) atoms. The summed E-state index contributed by atoms with van der Waals surface area (Å²) < 4.78 is 10.9. The zero-order chi connectivity index (χ0) is 13.5. The van der Waals surface area contributed by atoms with Crippen LogP contribution in [0, 0.1) is 0 Å². The molecule has 6 nitrogen and oxygen atoms in total. The maximum Gasteiger partial charge on any atom is 0.322 e. The molecule has 0 radical (unpaired) electrons. The van der Waals surface area contributed by atoms with E-state index in [1.54, 1.807) is 18.2 Å². The summed E-state index contributed by atoms with van der Waals surface area (Å²) >= 11 is 0. The van der Waals surface area contributed by atoms with Gasteiger partial charge in [0, 0.05) is 0 Å². The second kappa shape index (κ2) is 4.15. The quantitative estimate of drug-likeness (QED) is 0.776. The van der Waals surface area contributed by atoms with Gasteiger partial charge in [-0.05, 0) is 24.1 Å². The molecule has 2 heterocycles. The van der Waals surface area contributed by atoms with Crippen LogP contribution in [0.1, 0.15) is 18.9 Å². The molecule has 3 amide bonds. The Labute approximate surface area is 110 Å². The number of imide groups is 1. The van der Waals surface area contributed by atoms with Crippen LogP contribution in [0.25, 0.3) is 0 Å². The van der Waals surface area contributed by atoms with Crippen LogP contribution >= 0.6 is 0 Å². The van der Waals surface area contributed by atoms with Gasteiger partial charge in [0.25, 0.3) is 5.91 Å². The molecular formula is C13H14N2O4. The first-order valence-corrected chi connectivity index (χ1v) is 6.19. The third-order valence-corrected chi connectivity index (χ3v) is 3.51. The monoisotopic (exact) mass is 262 g/mol. The predicted octanol–water partition coefficient (Wildman–Crippen LogP) is 0.902. The topological polar surface area (TPSA) is 76.7 Å². The van der Waals surface area contributed by atoms with Crippen LogP contribution in [0.3, 0.4) is 0 Å². The average molecular weight is 262 g/mol. The Balaban J connectivity index is 2.05. The second-order valence-electron chi connectivity index (χ2n) is 4.53. The SMILES string of the molecule is CCC1(c2ccc3c(c2)OCCO3)NC(=O)NC1=O. The van der Waals surface area contributed by atoms with E-state index in [4.69, 9.17) is 9.47 Å². The van der Waals surface area contributed by atoms with Crippen molar-refractivity contribution in [3.05, 3.63) is 23.8 Å². The van der Waals surface area contributed by atoms with Crippen molar-refractivity contribution < 1.29 is 19.1 Å². The van der Waals surface area contributed by atoms with Gasteiger partial charge in [-0.2, -0.15) is 0 Å². The van der Waals surface area contributed by atoms with Crippen molar-refractivity contribution in [1.82, 2.24) is 10.6 Å². The fourth-order valence-corrected chi connectivity index (χ4v) is 2.46. The molecule has 0 saturated carbocycles. The summed E-state index contributed by atoms with van der Waals surface area (Å²) in [6, 6.07) is 4.83. The van der Waals surface area contributed by atoms with Gasteiger partial charge < -0.3 is 14.8 Å². The van der Waals surface area contributed by atoms with Crippen molar-refractivity contribution in [2.24, 2.45) is 0 Å². The second-order valence-corrected chi connectivity index (χ2v) is 4.53. The number of rotatable bonds is 2. The van der Waals surface area contributed by atoms with Crippen molar-refractivity contribution >= 4 is 11.9 Å². The van der Waals surface area contributed by atoms with E-state index in [0.29, 0.717) is 36.7 Å². The van der Waals surface area contributed by atoms with E-state index in [1.165, 1.54) is 0 Å². The van der Waals surface area contributed by atoms with E-state index in [0.717, 1.165) is 0 Å². The van der Waals surface area contributed by atoms with Crippen molar-refractivity contribution in [3.8, 4) is 11.5 Å². The minimum Gasteiger partial charge on any atom is -0.486 e. The Kier molecular flexibility index (Phi) is 2.58. The first-order chi connectivity index (χ1) is 9.15. The van der Waals surface area contributed by atoms with Crippen LogP contribution in [0.15, 0.2) is 18.2 Å². The Bertz CT molecular complexity index is 558. The van der Waals surface area contributed by atoms with Gasteiger partial charge in [0.15, 0.2) is 11.5 Å². The summed E-state index contributed by atoms with van der Waals surface area (Å²) in [5.74, 6) is 0.924. The number of benzene rings is 1. The van der Waals surface area contributed by atoms with Crippen LogP contribution in [-0.4, -0.2) is 25.2 Å². The van der Waals surface area contributed by atoms with E-state index in [-0.39, 0.29) is 5.91 Å². The first-order valence-electron chi connectivity index (χ1n) is 6.19. The van der Waals surface area contributed by atoms with Gasteiger partial charge in [-0.1, -0.05) is 13.0 Å². The lowest BCUT2D eigenvalue weighted by Crippen LogP contribution is -2.43. The van der Waals surface area contributed by atoms with Gasteiger partial charge in [-0.25, -0.2) is 4.79 Å². The molecule has 0 spiro atoms. The van der Waals surface area contributed by atoms with Crippen LogP contribution in [0.2, 0.25) is 0 Å². The molecule has 6 heteroatoms. The molecule has 2 aliphatic rings. The largest absolute Gasteiger partial charge is 0.486 e. The lowest BCUT2D eigenvalue weighted by atomic mass is 9.87. The number of carbonyl (C=O) groups excluding carboxylic acids is 2. The Hall–Kier alpha value is -2.24. The first kappa shape index (κ1) is 11.8. The van der Waals surface area contributed by atoms with Gasteiger partial charge >= 0.3 is 6.03 Å². The van der Waals surface area contributed by atoms with Gasteiger partial charge in [-0.15, -0.1) is 0 Å². The smallest absolute Gasteiger partial charge is 0.322 e. The van der Waals surface area contributed by atoms with Crippen LogP contribution in [-0.2, 0) is 10.3 Å². The number of amides is 3. The number of ether oxygens (including phenoxy) is 2. The van der Waals surface area contributed by atoms with E-state index < -0.39 is 11.6 Å². The molecule has 2 aliphatic heterocycles. The zero-order valence-corrected chi connectivity index (χ0v) is 10.5. The number of nitrogens with one attached hydrogen (secondary N) is 2. The predicted molar refractivity (Wildman–Crippen MR) is 66.1 cm³/mol. The molecule has 0 bridgehead atoms. The van der Waals surface area contributed by atoms with Crippen LogP contribution in [0.5, 0.6) is 11.5 Å². The molecule has 1 aromatic carbocycles. The fourth-order valence-electron chi connectivity index (χ4n) is 2.46. The fraction of sp³-hybridized carbons (Fsp3) is 0.385. The molecule has 2 N–H and O–H groups in total. The number of urea groups is 1. The number of fused-ring (bicyclic) bond motifs is 1. The van der Waals surface area contributed by atoms with Gasteiger partial charge in [0.05, 0.1) is 0 Å². The molecule has 1 fully saturated rings. The summed E-state index contributed by atoms with van der Waals surface area (Å²) in [4.78, 5) is 23.4. The number of hydrogen-bond donors (Lipinski definition) is 2. The van der Waals surface area contributed by atoms with E-state index in [2.05, 4.69) is 10.6 Å². The highest BCUT2D eigenvalue weighted by Gasteiger charge is 2.46. The third-order valence-electron chi connectivity index (χ3n) is 3.51. The van der Waals surface area contributed by atoms with E-state index in [1.807, 2.05) is 6.92 Å².